The minimum atomic E-state index is -0.201. The van der Waals surface area contributed by atoms with E-state index in [1.807, 2.05) is 31.2 Å². The Morgan fingerprint density at radius 3 is 2.37 bits per heavy atom. The van der Waals surface area contributed by atoms with E-state index in [0.717, 1.165) is 23.5 Å². The molecule has 2 atom stereocenters. The monoisotopic (exact) mass is 261 g/mol. The Labute approximate surface area is 113 Å². The van der Waals surface area contributed by atoms with Gasteiger partial charge in [0.2, 0.25) is 0 Å². The van der Waals surface area contributed by atoms with Crippen LogP contribution in [0.1, 0.15) is 49.4 Å². The van der Waals surface area contributed by atoms with E-state index in [4.69, 9.17) is 4.42 Å². The number of halogens is 1. The lowest BCUT2D eigenvalue weighted by atomic mass is 10.0. The third kappa shape index (κ3) is 3.44. The van der Waals surface area contributed by atoms with Gasteiger partial charge in [0.05, 0.1) is 6.04 Å². The van der Waals surface area contributed by atoms with Crippen molar-refractivity contribution in [1.29, 1.82) is 0 Å². The second-order valence-electron chi connectivity index (χ2n) is 4.85. The molecule has 102 valence electrons. The van der Waals surface area contributed by atoms with Gasteiger partial charge in [-0.15, -0.1) is 0 Å². The van der Waals surface area contributed by atoms with Crippen LogP contribution in [0.5, 0.6) is 0 Å². The highest BCUT2D eigenvalue weighted by Crippen LogP contribution is 2.23. The first kappa shape index (κ1) is 13.8. The van der Waals surface area contributed by atoms with Crippen molar-refractivity contribution in [2.75, 3.05) is 0 Å². The second kappa shape index (κ2) is 6.02. The van der Waals surface area contributed by atoms with E-state index < -0.39 is 0 Å². The number of hydrogen-bond acceptors (Lipinski definition) is 2. The Balaban J connectivity index is 2.08. The molecule has 0 aliphatic rings. The van der Waals surface area contributed by atoms with Crippen LogP contribution >= 0.6 is 0 Å². The zero-order valence-corrected chi connectivity index (χ0v) is 11.6. The van der Waals surface area contributed by atoms with Gasteiger partial charge in [-0.2, -0.15) is 0 Å². The fourth-order valence-electron chi connectivity index (χ4n) is 2.21. The van der Waals surface area contributed by atoms with E-state index in [1.54, 1.807) is 0 Å². The molecule has 2 unspecified atom stereocenters. The van der Waals surface area contributed by atoms with Crippen molar-refractivity contribution in [2.45, 2.75) is 39.3 Å². The molecule has 1 aromatic carbocycles. The van der Waals surface area contributed by atoms with Gasteiger partial charge in [-0.3, -0.25) is 0 Å². The molecule has 0 spiro atoms. The number of nitrogens with one attached hydrogen (secondary N) is 1. The largest absolute Gasteiger partial charge is 0.465 e. The van der Waals surface area contributed by atoms with E-state index in [-0.39, 0.29) is 17.9 Å². The number of aryl methyl sites for hydroxylation is 1. The van der Waals surface area contributed by atoms with E-state index in [9.17, 15) is 4.39 Å². The third-order valence-corrected chi connectivity index (χ3v) is 3.32. The Morgan fingerprint density at radius 1 is 1.16 bits per heavy atom. The molecule has 19 heavy (non-hydrogen) atoms. The lowest BCUT2D eigenvalue weighted by molar-refractivity contribution is 0.378. The highest BCUT2D eigenvalue weighted by Gasteiger charge is 2.15. The fraction of sp³-hybridized carbons (Fsp3) is 0.375. The highest BCUT2D eigenvalue weighted by atomic mass is 19.1. The molecule has 0 aliphatic carbocycles. The maximum atomic E-state index is 12.9. The van der Waals surface area contributed by atoms with Crippen molar-refractivity contribution >= 4 is 0 Å². The van der Waals surface area contributed by atoms with Gasteiger partial charge in [-0.25, -0.2) is 4.39 Å². The van der Waals surface area contributed by atoms with Crippen LogP contribution in [0.3, 0.4) is 0 Å². The Kier molecular flexibility index (Phi) is 4.38. The Bertz CT molecular complexity index is 518. The van der Waals surface area contributed by atoms with Crippen LogP contribution in [-0.4, -0.2) is 0 Å². The molecule has 0 saturated carbocycles. The normalized spacial score (nSPS) is 14.3. The van der Waals surface area contributed by atoms with E-state index in [2.05, 4.69) is 19.2 Å². The summed E-state index contributed by atoms with van der Waals surface area (Å²) >= 11 is 0. The standard InChI is InChI=1S/C16H20FNO/c1-4-15(13-6-8-14(17)9-7-13)18-12(3)16-10-5-11(2)19-16/h5-10,12,15,18H,4H2,1-3H3. The van der Waals surface area contributed by atoms with Gasteiger partial charge in [0.1, 0.15) is 17.3 Å². The van der Waals surface area contributed by atoms with E-state index in [1.165, 1.54) is 12.1 Å². The lowest BCUT2D eigenvalue weighted by Gasteiger charge is -2.21. The molecule has 1 heterocycles. The molecule has 2 aromatic rings. The maximum Gasteiger partial charge on any atom is 0.123 e. The summed E-state index contributed by atoms with van der Waals surface area (Å²) < 4.78 is 18.6. The summed E-state index contributed by atoms with van der Waals surface area (Å²) in [6.45, 7) is 6.12. The predicted molar refractivity (Wildman–Crippen MR) is 74.4 cm³/mol. The molecule has 2 rings (SSSR count). The van der Waals surface area contributed by atoms with Crippen molar-refractivity contribution in [3.63, 3.8) is 0 Å². The van der Waals surface area contributed by atoms with Crippen LogP contribution in [0, 0.1) is 12.7 Å². The Morgan fingerprint density at radius 2 is 1.84 bits per heavy atom. The molecule has 0 bridgehead atoms. The summed E-state index contributed by atoms with van der Waals surface area (Å²) in [5, 5.41) is 3.52. The molecular formula is C16H20FNO. The average molecular weight is 261 g/mol. The predicted octanol–water partition coefficient (Wildman–Crippen LogP) is 4.53. The number of benzene rings is 1. The second-order valence-corrected chi connectivity index (χ2v) is 4.85. The van der Waals surface area contributed by atoms with Crippen LogP contribution in [-0.2, 0) is 0 Å². The summed E-state index contributed by atoms with van der Waals surface area (Å²) in [6, 6.07) is 10.9. The SMILES string of the molecule is CCC(NC(C)c1ccc(C)o1)c1ccc(F)cc1. The van der Waals surface area contributed by atoms with Crippen LogP contribution in [0.4, 0.5) is 4.39 Å². The van der Waals surface area contributed by atoms with Crippen LogP contribution in [0.2, 0.25) is 0 Å². The molecule has 2 nitrogen and oxygen atoms in total. The summed E-state index contributed by atoms with van der Waals surface area (Å²) in [6.07, 6.45) is 0.940. The van der Waals surface area contributed by atoms with Crippen LogP contribution in [0.15, 0.2) is 40.8 Å². The van der Waals surface area contributed by atoms with Crippen molar-refractivity contribution in [3.8, 4) is 0 Å². The minimum Gasteiger partial charge on any atom is -0.465 e. The third-order valence-electron chi connectivity index (χ3n) is 3.32. The molecule has 3 heteroatoms. The van der Waals surface area contributed by atoms with Gasteiger partial charge in [-0.1, -0.05) is 19.1 Å². The van der Waals surface area contributed by atoms with E-state index in [0.29, 0.717) is 0 Å². The molecule has 0 amide bonds. The first-order valence-electron chi connectivity index (χ1n) is 6.68. The average Bonchev–Trinajstić information content (AvgIpc) is 2.84. The summed E-state index contributed by atoms with van der Waals surface area (Å²) in [5.41, 5.74) is 1.10. The van der Waals surface area contributed by atoms with Crippen molar-refractivity contribution in [1.82, 2.24) is 5.32 Å². The molecule has 1 N–H and O–H groups in total. The summed E-state index contributed by atoms with van der Waals surface area (Å²) in [5.74, 6) is 1.64. The molecule has 0 saturated heterocycles. The van der Waals surface area contributed by atoms with Gasteiger partial charge in [0.15, 0.2) is 0 Å². The quantitative estimate of drug-likeness (QED) is 0.855. The van der Waals surface area contributed by atoms with Crippen molar-refractivity contribution in [3.05, 3.63) is 59.3 Å². The number of rotatable bonds is 5. The maximum absolute atomic E-state index is 12.9. The lowest BCUT2D eigenvalue weighted by Crippen LogP contribution is -2.23. The Hall–Kier alpha value is -1.61. The van der Waals surface area contributed by atoms with Crippen LogP contribution in [0.25, 0.3) is 0 Å². The molecule has 0 radical (unpaired) electrons. The van der Waals surface area contributed by atoms with Gasteiger partial charge in [-0.05, 0) is 50.1 Å². The van der Waals surface area contributed by atoms with E-state index >= 15 is 0 Å². The number of furan rings is 1. The number of hydrogen-bond donors (Lipinski definition) is 1. The summed E-state index contributed by atoms with van der Waals surface area (Å²) in [4.78, 5) is 0. The van der Waals surface area contributed by atoms with Crippen molar-refractivity contribution < 1.29 is 8.81 Å². The topological polar surface area (TPSA) is 25.2 Å². The summed E-state index contributed by atoms with van der Waals surface area (Å²) in [7, 11) is 0. The molecule has 0 fully saturated rings. The van der Waals surface area contributed by atoms with Gasteiger partial charge in [0, 0.05) is 6.04 Å². The first-order chi connectivity index (χ1) is 9.10. The minimum absolute atomic E-state index is 0.128. The smallest absolute Gasteiger partial charge is 0.123 e. The first-order valence-corrected chi connectivity index (χ1v) is 6.68. The zero-order valence-electron chi connectivity index (χ0n) is 11.6. The zero-order chi connectivity index (χ0) is 13.8. The molecule has 0 aliphatic heterocycles. The highest BCUT2D eigenvalue weighted by molar-refractivity contribution is 5.20. The molecule has 1 aromatic heterocycles. The van der Waals surface area contributed by atoms with Gasteiger partial charge < -0.3 is 9.73 Å². The van der Waals surface area contributed by atoms with Crippen LogP contribution < -0.4 is 5.32 Å². The van der Waals surface area contributed by atoms with Crippen molar-refractivity contribution in [2.24, 2.45) is 0 Å². The van der Waals surface area contributed by atoms with Gasteiger partial charge in [0.25, 0.3) is 0 Å². The van der Waals surface area contributed by atoms with Gasteiger partial charge >= 0.3 is 0 Å². The molecular weight excluding hydrogens is 241 g/mol. The fourth-order valence-corrected chi connectivity index (χ4v) is 2.21.